The lowest BCUT2D eigenvalue weighted by Crippen LogP contribution is -2.29. The molecule has 6 nitrogen and oxygen atoms in total. The third-order valence-corrected chi connectivity index (χ3v) is 8.48. The highest BCUT2D eigenvalue weighted by molar-refractivity contribution is 8.19. The highest BCUT2D eigenvalue weighted by Crippen LogP contribution is 2.46. The number of carbonyl (C=O) groups is 2. The fourth-order valence-corrected chi connectivity index (χ4v) is 6.51. The molecule has 1 N–H and O–H groups in total. The standard InChI is InChI=1S/C30H28N4O2S2/c1-4-31-24-16-15-23(20(2)35)17-25(24)32-30-34(18-21-11-7-5-8-12-21)28(36)27(38-30)29-33(3)26(19-37-29)22-13-9-6-10-14-22/h5-17,19,31H,4,18H2,1-3H3/b29-27-,32-30+. The van der Waals surface area contributed by atoms with Gasteiger partial charge in [0.2, 0.25) is 0 Å². The first-order chi connectivity index (χ1) is 18.5. The molecule has 2 aliphatic rings. The van der Waals surface area contributed by atoms with Gasteiger partial charge in [0.25, 0.3) is 5.91 Å². The molecule has 8 heteroatoms. The number of carbonyl (C=O) groups excluding carboxylic acids is 2. The Morgan fingerprint density at radius 3 is 2.39 bits per heavy atom. The Labute approximate surface area is 231 Å². The van der Waals surface area contributed by atoms with Gasteiger partial charge in [-0.15, -0.1) is 0 Å². The van der Waals surface area contributed by atoms with Crippen molar-refractivity contribution in [2.24, 2.45) is 4.99 Å². The van der Waals surface area contributed by atoms with Gasteiger partial charge >= 0.3 is 0 Å². The molecule has 5 rings (SSSR count). The summed E-state index contributed by atoms with van der Waals surface area (Å²) in [6.07, 6.45) is 0. The molecule has 1 fully saturated rings. The van der Waals surface area contributed by atoms with Crippen molar-refractivity contribution < 1.29 is 9.59 Å². The number of hydrogen-bond donors (Lipinski definition) is 1. The summed E-state index contributed by atoms with van der Waals surface area (Å²) in [7, 11) is 1.99. The van der Waals surface area contributed by atoms with E-state index in [0.29, 0.717) is 34.4 Å². The van der Waals surface area contributed by atoms with E-state index in [-0.39, 0.29) is 11.7 Å². The zero-order valence-corrected chi connectivity index (χ0v) is 23.1. The summed E-state index contributed by atoms with van der Waals surface area (Å²) in [6.45, 7) is 4.67. The van der Waals surface area contributed by atoms with Crippen molar-refractivity contribution in [2.45, 2.75) is 20.4 Å². The second-order valence-corrected chi connectivity index (χ2v) is 10.7. The van der Waals surface area contributed by atoms with E-state index in [4.69, 9.17) is 4.99 Å². The summed E-state index contributed by atoms with van der Waals surface area (Å²) in [4.78, 5) is 35.4. The fraction of sp³-hybridized carbons (Fsp3) is 0.167. The van der Waals surface area contributed by atoms with Crippen LogP contribution < -0.4 is 5.32 Å². The van der Waals surface area contributed by atoms with Crippen molar-refractivity contribution in [3.63, 3.8) is 0 Å². The summed E-state index contributed by atoms with van der Waals surface area (Å²) >= 11 is 2.93. The van der Waals surface area contributed by atoms with Crippen LogP contribution >= 0.6 is 23.5 Å². The molecule has 0 radical (unpaired) electrons. The maximum atomic E-state index is 13.9. The van der Waals surface area contributed by atoms with Gasteiger partial charge in [-0.3, -0.25) is 14.5 Å². The van der Waals surface area contributed by atoms with Crippen LogP contribution in [0.5, 0.6) is 0 Å². The van der Waals surface area contributed by atoms with Crippen LogP contribution in [0, 0.1) is 0 Å². The topological polar surface area (TPSA) is 65.0 Å². The van der Waals surface area contributed by atoms with Gasteiger partial charge in [-0.2, -0.15) is 0 Å². The largest absolute Gasteiger partial charge is 0.384 e. The first kappa shape index (κ1) is 25.9. The molecule has 2 aliphatic heterocycles. The van der Waals surface area contributed by atoms with Gasteiger partial charge in [0.05, 0.1) is 28.6 Å². The van der Waals surface area contributed by atoms with E-state index in [0.717, 1.165) is 27.5 Å². The number of nitrogens with one attached hydrogen (secondary N) is 1. The molecule has 0 unspecified atom stereocenters. The number of Topliss-reactive ketones (excluding diaryl/α,β-unsaturated/α-hetero) is 1. The second kappa shape index (κ2) is 11.3. The third kappa shape index (κ3) is 5.28. The lowest BCUT2D eigenvalue weighted by molar-refractivity contribution is -0.122. The Balaban J connectivity index is 1.56. The average Bonchev–Trinajstić information content (AvgIpc) is 3.45. The van der Waals surface area contributed by atoms with E-state index < -0.39 is 0 Å². The van der Waals surface area contributed by atoms with E-state index in [1.807, 2.05) is 68.6 Å². The van der Waals surface area contributed by atoms with Gasteiger partial charge in [-0.1, -0.05) is 72.4 Å². The number of rotatable bonds is 7. The van der Waals surface area contributed by atoms with Crippen molar-refractivity contribution in [2.75, 3.05) is 18.9 Å². The summed E-state index contributed by atoms with van der Waals surface area (Å²) in [5.41, 5.74) is 5.19. The van der Waals surface area contributed by atoms with Crippen molar-refractivity contribution in [3.8, 4) is 0 Å². The molecule has 0 atom stereocenters. The molecule has 3 aromatic carbocycles. The Morgan fingerprint density at radius 1 is 1.00 bits per heavy atom. The first-order valence-corrected chi connectivity index (χ1v) is 14.1. The molecule has 0 spiro atoms. The molecular formula is C30H28N4O2S2. The van der Waals surface area contributed by atoms with E-state index in [2.05, 4.69) is 27.8 Å². The summed E-state index contributed by atoms with van der Waals surface area (Å²) in [5, 5.41) is 6.88. The van der Waals surface area contributed by atoms with Crippen LogP contribution in [0.3, 0.4) is 0 Å². The maximum Gasteiger partial charge on any atom is 0.269 e. The number of nitrogens with zero attached hydrogens (tertiary/aromatic N) is 3. The van der Waals surface area contributed by atoms with Crippen LogP contribution in [0.1, 0.15) is 35.3 Å². The van der Waals surface area contributed by atoms with E-state index in [1.165, 1.54) is 11.8 Å². The van der Waals surface area contributed by atoms with Crippen LogP contribution in [-0.2, 0) is 11.3 Å². The zero-order valence-electron chi connectivity index (χ0n) is 21.5. The van der Waals surface area contributed by atoms with Gasteiger partial charge in [0, 0.05) is 24.6 Å². The SMILES string of the molecule is CCNc1ccc(C(C)=O)cc1/N=C1/S/C(=C2\SC=C(c3ccccc3)N2C)C(=O)N1Cc1ccccc1. The van der Waals surface area contributed by atoms with Gasteiger partial charge in [-0.25, -0.2) is 4.99 Å². The maximum absolute atomic E-state index is 13.9. The molecule has 192 valence electrons. The van der Waals surface area contributed by atoms with Crippen LogP contribution in [0.25, 0.3) is 5.70 Å². The lowest BCUT2D eigenvalue weighted by atomic mass is 10.1. The minimum Gasteiger partial charge on any atom is -0.384 e. The normalized spacial score (nSPS) is 18.3. The van der Waals surface area contributed by atoms with Crippen LogP contribution in [0.15, 0.2) is 99.2 Å². The number of thioether (sulfide) groups is 2. The molecule has 1 amide bonds. The first-order valence-electron chi connectivity index (χ1n) is 12.4. The zero-order chi connectivity index (χ0) is 26.6. The Hall–Kier alpha value is -3.75. The number of anilines is 1. The molecular weight excluding hydrogens is 512 g/mol. The molecule has 0 aliphatic carbocycles. The summed E-state index contributed by atoms with van der Waals surface area (Å²) in [5.74, 6) is -0.112. The molecule has 1 saturated heterocycles. The number of hydrogen-bond acceptors (Lipinski definition) is 7. The minimum atomic E-state index is -0.0811. The second-order valence-electron chi connectivity index (χ2n) is 8.87. The van der Waals surface area contributed by atoms with Gasteiger partial charge in [0.1, 0.15) is 4.91 Å². The smallest absolute Gasteiger partial charge is 0.269 e. The predicted octanol–water partition coefficient (Wildman–Crippen LogP) is 6.93. The fourth-order valence-electron chi connectivity index (χ4n) is 4.26. The van der Waals surface area contributed by atoms with Gasteiger partial charge in [0.15, 0.2) is 11.0 Å². The third-order valence-electron chi connectivity index (χ3n) is 6.25. The highest BCUT2D eigenvalue weighted by Gasteiger charge is 2.38. The number of amides is 1. The van der Waals surface area contributed by atoms with Crippen molar-refractivity contribution in [1.82, 2.24) is 9.80 Å². The molecule has 0 saturated carbocycles. The summed E-state index contributed by atoms with van der Waals surface area (Å²) in [6, 6.07) is 25.5. The van der Waals surface area contributed by atoms with E-state index in [1.54, 1.807) is 35.7 Å². The Bertz CT molecular complexity index is 1470. The molecule has 38 heavy (non-hydrogen) atoms. The Kier molecular flexibility index (Phi) is 7.72. The molecule has 3 aromatic rings. The van der Waals surface area contributed by atoms with Crippen molar-refractivity contribution in [3.05, 3.63) is 111 Å². The van der Waals surface area contributed by atoms with Crippen LogP contribution in [0.4, 0.5) is 11.4 Å². The number of aliphatic imine (C=N–C) groups is 1. The molecule has 2 heterocycles. The van der Waals surface area contributed by atoms with Crippen molar-refractivity contribution in [1.29, 1.82) is 0 Å². The van der Waals surface area contributed by atoms with Crippen molar-refractivity contribution >= 4 is 57.5 Å². The predicted molar refractivity (Wildman–Crippen MR) is 159 cm³/mol. The van der Waals surface area contributed by atoms with Crippen LogP contribution in [-0.4, -0.2) is 40.3 Å². The van der Waals surface area contributed by atoms with Gasteiger partial charge < -0.3 is 10.2 Å². The van der Waals surface area contributed by atoms with E-state index >= 15 is 0 Å². The Morgan fingerprint density at radius 2 is 1.71 bits per heavy atom. The monoisotopic (exact) mass is 540 g/mol. The van der Waals surface area contributed by atoms with Crippen LogP contribution in [0.2, 0.25) is 0 Å². The number of amidine groups is 1. The van der Waals surface area contributed by atoms with Gasteiger partial charge in [-0.05, 0) is 54.9 Å². The summed E-state index contributed by atoms with van der Waals surface area (Å²) < 4.78 is 0. The quantitative estimate of drug-likeness (QED) is 0.259. The molecule has 0 aromatic heterocycles. The minimum absolute atomic E-state index is 0.0305. The average molecular weight is 541 g/mol. The molecule has 0 bridgehead atoms. The number of ketones is 1. The highest BCUT2D eigenvalue weighted by atomic mass is 32.2. The lowest BCUT2D eigenvalue weighted by Gasteiger charge is -2.19. The number of benzene rings is 3. The van der Waals surface area contributed by atoms with E-state index in [9.17, 15) is 9.59 Å².